The van der Waals surface area contributed by atoms with E-state index in [1.54, 1.807) is 17.8 Å². The molecule has 0 spiro atoms. The van der Waals surface area contributed by atoms with Gasteiger partial charge in [0.2, 0.25) is 0 Å². The summed E-state index contributed by atoms with van der Waals surface area (Å²) in [7, 11) is 1.69. The second kappa shape index (κ2) is 8.43. The Morgan fingerprint density at radius 3 is 2.68 bits per heavy atom. The van der Waals surface area contributed by atoms with Gasteiger partial charge >= 0.3 is 0 Å². The maximum atomic E-state index is 12.7. The summed E-state index contributed by atoms with van der Waals surface area (Å²) >= 11 is 0. The number of imidazole rings is 1. The van der Waals surface area contributed by atoms with E-state index in [4.69, 9.17) is 14.6 Å². The number of hydrogen-bond acceptors (Lipinski definition) is 6. The van der Waals surface area contributed by atoms with E-state index in [-0.39, 0.29) is 17.5 Å². The Bertz CT molecular complexity index is 1100. The third kappa shape index (κ3) is 3.85. The molecule has 0 bridgehead atoms. The fraction of sp³-hybridized carbons (Fsp3) is 0.522. The second-order valence-corrected chi connectivity index (χ2v) is 8.57. The molecule has 2 fully saturated rings. The maximum Gasteiger partial charge on any atom is 0.277 e. The molecule has 0 saturated carbocycles. The topological polar surface area (TPSA) is 84.8 Å². The quantitative estimate of drug-likeness (QED) is 0.679. The molecule has 2 unspecified atom stereocenters. The van der Waals surface area contributed by atoms with E-state index >= 15 is 0 Å². The number of aromatic amines is 1. The van der Waals surface area contributed by atoms with Crippen LogP contribution in [0.3, 0.4) is 0 Å². The number of ether oxygens (including phenoxy) is 2. The van der Waals surface area contributed by atoms with E-state index in [0.717, 1.165) is 57.1 Å². The van der Waals surface area contributed by atoms with Crippen LogP contribution in [-0.2, 0) is 4.74 Å². The van der Waals surface area contributed by atoms with Crippen LogP contribution in [0.15, 0.2) is 35.3 Å². The van der Waals surface area contributed by atoms with Crippen molar-refractivity contribution in [1.29, 1.82) is 0 Å². The zero-order valence-electron chi connectivity index (χ0n) is 18.1. The van der Waals surface area contributed by atoms with Gasteiger partial charge in [-0.1, -0.05) is 12.1 Å². The number of nitrogens with zero attached hydrogens (tertiary/aromatic N) is 4. The van der Waals surface area contributed by atoms with Gasteiger partial charge in [0, 0.05) is 25.7 Å². The molecule has 3 aromatic rings. The lowest BCUT2D eigenvalue weighted by Crippen LogP contribution is -2.29. The van der Waals surface area contributed by atoms with Crippen molar-refractivity contribution in [3.63, 3.8) is 0 Å². The molecule has 4 heterocycles. The molecule has 0 amide bonds. The van der Waals surface area contributed by atoms with Crippen LogP contribution in [0.4, 0.5) is 0 Å². The minimum absolute atomic E-state index is 0.0188. The average Bonchev–Trinajstić information content (AvgIpc) is 3.47. The van der Waals surface area contributed by atoms with Crippen molar-refractivity contribution in [1.82, 2.24) is 24.5 Å². The molecule has 8 nitrogen and oxygen atoms in total. The smallest absolute Gasteiger partial charge is 0.277 e. The monoisotopic (exact) mass is 423 g/mol. The second-order valence-electron chi connectivity index (χ2n) is 8.57. The summed E-state index contributed by atoms with van der Waals surface area (Å²) in [6.07, 6.45) is 4.55. The maximum absolute atomic E-state index is 12.7. The molecule has 2 aromatic heterocycles. The lowest BCUT2D eigenvalue weighted by atomic mass is 9.98. The van der Waals surface area contributed by atoms with Crippen LogP contribution in [-0.4, -0.2) is 57.9 Å². The summed E-state index contributed by atoms with van der Waals surface area (Å²) in [6, 6.07) is 8.35. The molecule has 1 N–H and O–H groups in total. The van der Waals surface area contributed by atoms with Crippen molar-refractivity contribution in [2.45, 2.75) is 44.1 Å². The highest BCUT2D eigenvalue weighted by Crippen LogP contribution is 2.33. The molecule has 2 aliphatic rings. The first-order valence-corrected chi connectivity index (χ1v) is 11.1. The number of likely N-dealkylation sites (tertiary alicyclic amines) is 1. The fourth-order valence-corrected chi connectivity index (χ4v) is 4.82. The molecular formula is C23H29N5O3. The Kier molecular flexibility index (Phi) is 5.50. The largest absolute Gasteiger partial charge is 0.497 e. The molecule has 2 atom stereocenters. The predicted molar refractivity (Wildman–Crippen MR) is 117 cm³/mol. The number of aromatic nitrogens is 4. The molecule has 164 valence electrons. The van der Waals surface area contributed by atoms with Gasteiger partial charge in [0.05, 0.1) is 19.3 Å². The summed E-state index contributed by atoms with van der Waals surface area (Å²) < 4.78 is 12.5. The van der Waals surface area contributed by atoms with Crippen LogP contribution in [0.5, 0.6) is 5.75 Å². The van der Waals surface area contributed by atoms with Crippen LogP contribution in [0.1, 0.15) is 61.3 Å². The summed E-state index contributed by atoms with van der Waals surface area (Å²) in [6.45, 7) is 5.48. The first kappa shape index (κ1) is 20.2. The Morgan fingerprint density at radius 1 is 1.16 bits per heavy atom. The summed E-state index contributed by atoms with van der Waals surface area (Å²) in [5.74, 6) is 3.19. The van der Waals surface area contributed by atoms with Crippen molar-refractivity contribution in [2.24, 2.45) is 0 Å². The molecule has 5 rings (SSSR count). The highest BCUT2D eigenvalue weighted by atomic mass is 16.5. The van der Waals surface area contributed by atoms with Crippen molar-refractivity contribution in [3.8, 4) is 5.75 Å². The normalized spacial score (nSPS) is 21.5. The van der Waals surface area contributed by atoms with Gasteiger partial charge in [-0.25, -0.2) is 9.50 Å². The van der Waals surface area contributed by atoms with Crippen LogP contribution >= 0.6 is 0 Å². The van der Waals surface area contributed by atoms with Gasteiger partial charge in [-0.3, -0.25) is 9.69 Å². The average molecular weight is 424 g/mol. The van der Waals surface area contributed by atoms with Gasteiger partial charge in [0.1, 0.15) is 17.4 Å². The van der Waals surface area contributed by atoms with Gasteiger partial charge in [-0.15, -0.1) is 0 Å². The molecule has 0 radical (unpaired) electrons. The van der Waals surface area contributed by atoms with Gasteiger partial charge in [0.25, 0.3) is 5.56 Å². The van der Waals surface area contributed by atoms with Gasteiger partial charge < -0.3 is 14.5 Å². The lowest BCUT2D eigenvalue weighted by Gasteiger charge is -2.24. The SMILES string of the molecule is COc1ccc(C2CCN(C(C)c3nn4c(C5CCOCC5)ncc4c(=O)[nH]3)C2)cc1. The molecule has 8 heteroatoms. The van der Waals surface area contributed by atoms with Crippen molar-refractivity contribution in [2.75, 3.05) is 33.4 Å². The van der Waals surface area contributed by atoms with Gasteiger partial charge in [-0.2, -0.15) is 5.10 Å². The highest BCUT2D eigenvalue weighted by Gasteiger charge is 2.30. The number of benzene rings is 1. The zero-order valence-corrected chi connectivity index (χ0v) is 18.1. The van der Waals surface area contributed by atoms with E-state index in [1.807, 2.05) is 12.1 Å². The number of nitrogens with one attached hydrogen (secondary N) is 1. The van der Waals surface area contributed by atoms with E-state index in [2.05, 4.69) is 33.9 Å². The Hall–Kier alpha value is -2.71. The summed E-state index contributed by atoms with van der Waals surface area (Å²) in [5.41, 5.74) is 1.70. The first-order chi connectivity index (χ1) is 15.1. The number of H-pyrrole nitrogens is 1. The van der Waals surface area contributed by atoms with Gasteiger partial charge in [-0.05, 0) is 56.3 Å². The number of rotatable bonds is 5. The number of methoxy groups -OCH3 is 1. The standard InChI is InChI=1S/C23H29N5O3/c1-15(27-10-7-18(14-27)16-3-5-19(30-2)6-4-16)21-25-23(29)20-13-24-22(28(20)26-21)17-8-11-31-12-9-17/h3-6,13,15,17-18H,7-12,14H2,1-2H3,(H,25,26,29). The zero-order chi connectivity index (χ0) is 21.4. The van der Waals surface area contributed by atoms with Crippen LogP contribution in [0.25, 0.3) is 5.52 Å². The van der Waals surface area contributed by atoms with Crippen molar-refractivity contribution in [3.05, 3.63) is 58.0 Å². The molecule has 31 heavy (non-hydrogen) atoms. The van der Waals surface area contributed by atoms with Crippen molar-refractivity contribution >= 4 is 5.52 Å². The third-order valence-corrected chi connectivity index (χ3v) is 6.78. The van der Waals surface area contributed by atoms with Crippen LogP contribution in [0, 0.1) is 0 Å². The minimum Gasteiger partial charge on any atom is -0.497 e. The lowest BCUT2D eigenvalue weighted by molar-refractivity contribution is 0.0832. The highest BCUT2D eigenvalue weighted by molar-refractivity contribution is 5.42. The third-order valence-electron chi connectivity index (χ3n) is 6.78. The van der Waals surface area contributed by atoms with Crippen molar-refractivity contribution < 1.29 is 9.47 Å². The molecule has 2 saturated heterocycles. The van der Waals surface area contributed by atoms with E-state index in [0.29, 0.717) is 17.3 Å². The Labute approximate surface area is 181 Å². The first-order valence-electron chi connectivity index (χ1n) is 11.1. The fourth-order valence-electron chi connectivity index (χ4n) is 4.82. The van der Waals surface area contributed by atoms with Crippen LogP contribution < -0.4 is 10.3 Å². The molecular weight excluding hydrogens is 394 g/mol. The van der Waals surface area contributed by atoms with Gasteiger partial charge in [0.15, 0.2) is 5.52 Å². The summed E-state index contributed by atoms with van der Waals surface area (Å²) in [4.78, 5) is 22.7. The molecule has 1 aromatic carbocycles. The Morgan fingerprint density at radius 2 is 1.94 bits per heavy atom. The van der Waals surface area contributed by atoms with E-state index in [1.165, 1.54) is 5.56 Å². The predicted octanol–water partition coefficient (Wildman–Crippen LogP) is 2.87. The van der Waals surface area contributed by atoms with E-state index in [9.17, 15) is 4.79 Å². The molecule has 2 aliphatic heterocycles. The molecule has 0 aliphatic carbocycles. The number of hydrogen-bond donors (Lipinski definition) is 1. The number of fused-ring (bicyclic) bond motifs is 1. The van der Waals surface area contributed by atoms with E-state index < -0.39 is 0 Å². The van der Waals surface area contributed by atoms with Crippen LogP contribution in [0.2, 0.25) is 0 Å². The summed E-state index contributed by atoms with van der Waals surface area (Å²) in [5, 5.41) is 4.84. The Balaban J connectivity index is 1.38. The minimum atomic E-state index is -0.131.